The van der Waals surface area contributed by atoms with Crippen LogP contribution in [0.15, 0.2) is 15.9 Å². The summed E-state index contributed by atoms with van der Waals surface area (Å²) < 4.78 is 1.11. The fourth-order valence-corrected chi connectivity index (χ4v) is 3.07. The van der Waals surface area contributed by atoms with Gasteiger partial charge in [0.1, 0.15) is 0 Å². The largest absolute Gasteiger partial charge is 0.345 e. The second-order valence-corrected chi connectivity index (χ2v) is 5.99. The van der Waals surface area contributed by atoms with Crippen molar-refractivity contribution in [3.05, 3.63) is 20.8 Å². The summed E-state index contributed by atoms with van der Waals surface area (Å²) in [6.45, 7) is 3.19. The Labute approximate surface area is 115 Å². The fraction of sp³-hybridized carbons (Fsp3) is 0.583. The van der Waals surface area contributed by atoms with Crippen LogP contribution in [0.3, 0.4) is 0 Å². The molecule has 1 rings (SSSR count). The number of carbonyl (C=O) groups excluding carboxylic acids is 1. The van der Waals surface area contributed by atoms with Crippen molar-refractivity contribution in [3.8, 4) is 0 Å². The molecule has 5 heteroatoms. The monoisotopic (exact) mass is 318 g/mol. The van der Waals surface area contributed by atoms with Crippen molar-refractivity contribution in [2.24, 2.45) is 11.7 Å². The standard InChI is InChI=1S/C12H19BrN2OS/c1-3-9(7-14)12(16)15(2)5-4-11-6-10(13)8-17-11/h6,8-9H,3-5,7,14H2,1-2H3. The van der Waals surface area contributed by atoms with Gasteiger partial charge >= 0.3 is 0 Å². The van der Waals surface area contributed by atoms with Gasteiger partial charge in [0, 0.05) is 34.9 Å². The second-order valence-electron chi connectivity index (χ2n) is 4.08. The minimum Gasteiger partial charge on any atom is -0.345 e. The van der Waals surface area contributed by atoms with Crippen LogP contribution >= 0.6 is 27.3 Å². The summed E-state index contributed by atoms with van der Waals surface area (Å²) in [5.74, 6) is 0.126. The van der Waals surface area contributed by atoms with Gasteiger partial charge in [0.05, 0.1) is 5.92 Å². The molecule has 17 heavy (non-hydrogen) atoms. The highest BCUT2D eigenvalue weighted by atomic mass is 79.9. The highest BCUT2D eigenvalue weighted by Gasteiger charge is 2.18. The van der Waals surface area contributed by atoms with E-state index in [1.54, 1.807) is 16.2 Å². The number of amides is 1. The molecule has 0 aliphatic rings. The maximum absolute atomic E-state index is 12.0. The minimum absolute atomic E-state index is 0.0323. The molecule has 1 amide bonds. The van der Waals surface area contributed by atoms with E-state index in [-0.39, 0.29) is 11.8 Å². The molecule has 96 valence electrons. The molecule has 0 spiro atoms. The smallest absolute Gasteiger partial charge is 0.226 e. The van der Waals surface area contributed by atoms with Crippen LogP contribution in [0.5, 0.6) is 0 Å². The second kappa shape index (κ2) is 7.13. The van der Waals surface area contributed by atoms with Crippen LogP contribution in [0.2, 0.25) is 0 Å². The number of carbonyl (C=O) groups is 1. The van der Waals surface area contributed by atoms with Crippen LogP contribution in [-0.4, -0.2) is 30.9 Å². The predicted molar refractivity (Wildman–Crippen MR) is 76.2 cm³/mol. The highest BCUT2D eigenvalue weighted by molar-refractivity contribution is 9.10. The molecule has 0 saturated carbocycles. The molecule has 2 N–H and O–H groups in total. The van der Waals surface area contributed by atoms with E-state index in [4.69, 9.17) is 5.73 Å². The van der Waals surface area contributed by atoms with Gasteiger partial charge in [-0.15, -0.1) is 11.3 Å². The maximum atomic E-state index is 12.0. The fourth-order valence-electron chi connectivity index (χ4n) is 1.63. The number of hydrogen-bond donors (Lipinski definition) is 1. The zero-order valence-electron chi connectivity index (χ0n) is 10.3. The predicted octanol–water partition coefficient (Wildman–Crippen LogP) is 2.50. The van der Waals surface area contributed by atoms with E-state index >= 15 is 0 Å². The van der Waals surface area contributed by atoms with Crippen molar-refractivity contribution in [1.82, 2.24) is 4.90 Å². The van der Waals surface area contributed by atoms with Gasteiger partial charge in [0.2, 0.25) is 5.91 Å². The lowest BCUT2D eigenvalue weighted by Gasteiger charge is -2.21. The number of halogens is 1. The summed E-state index contributed by atoms with van der Waals surface area (Å²) in [6.07, 6.45) is 1.71. The lowest BCUT2D eigenvalue weighted by Crippen LogP contribution is -2.37. The van der Waals surface area contributed by atoms with Gasteiger partial charge < -0.3 is 10.6 Å². The summed E-state index contributed by atoms with van der Waals surface area (Å²) in [7, 11) is 1.85. The molecular formula is C12H19BrN2OS. The number of likely N-dealkylation sites (N-methyl/N-ethyl adjacent to an activating group) is 1. The number of rotatable bonds is 6. The Kier molecular flexibility index (Phi) is 6.16. The third kappa shape index (κ3) is 4.41. The van der Waals surface area contributed by atoms with Crippen molar-refractivity contribution >= 4 is 33.2 Å². The Balaban J connectivity index is 2.43. The number of nitrogens with two attached hydrogens (primary N) is 1. The Hall–Kier alpha value is -0.390. The van der Waals surface area contributed by atoms with E-state index in [9.17, 15) is 4.79 Å². The van der Waals surface area contributed by atoms with E-state index in [0.717, 1.165) is 23.9 Å². The topological polar surface area (TPSA) is 46.3 Å². The molecule has 1 aromatic rings. The van der Waals surface area contributed by atoms with Crippen molar-refractivity contribution in [3.63, 3.8) is 0 Å². The van der Waals surface area contributed by atoms with Gasteiger partial charge in [-0.25, -0.2) is 0 Å². The molecular weight excluding hydrogens is 300 g/mol. The Morgan fingerprint density at radius 1 is 1.65 bits per heavy atom. The van der Waals surface area contributed by atoms with Crippen molar-refractivity contribution in [2.75, 3.05) is 20.1 Å². The summed E-state index contributed by atoms with van der Waals surface area (Å²) in [5, 5.41) is 2.06. The summed E-state index contributed by atoms with van der Waals surface area (Å²) in [6, 6.07) is 2.10. The molecule has 3 nitrogen and oxygen atoms in total. The van der Waals surface area contributed by atoms with Gasteiger partial charge in [-0.1, -0.05) is 6.92 Å². The lowest BCUT2D eigenvalue weighted by atomic mass is 10.1. The SMILES string of the molecule is CCC(CN)C(=O)N(C)CCc1cc(Br)cs1. The van der Waals surface area contributed by atoms with Crippen LogP contribution in [0.1, 0.15) is 18.2 Å². The molecule has 1 unspecified atom stereocenters. The van der Waals surface area contributed by atoms with E-state index < -0.39 is 0 Å². The summed E-state index contributed by atoms with van der Waals surface area (Å²) >= 11 is 5.14. The van der Waals surface area contributed by atoms with Crippen LogP contribution in [-0.2, 0) is 11.2 Å². The Morgan fingerprint density at radius 3 is 2.82 bits per heavy atom. The molecule has 0 aliphatic carbocycles. The first-order valence-corrected chi connectivity index (χ1v) is 7.43. The van der Waals surface area contributed by atoms with Crippen molar-refractivity contribution < 1.29 is 4.79 Å². The first-order chi connectivity index (χ1) is 8.08. The zero-order valence-corrected chi connectivity index (χ0v) is 12.7. The summed E-state index contributed by atoms with van der Waals surface area (Å²) in [5.41, 5.74) is 5.58. The number of nitrogens with zero attached hydrogens (tertiary/aromatic N) is 1. The molecule has 1 atom stereocenters. The van der Waals surface area contributed by atoms with Gasteiger partial charge in [-0.3, -0.25) is 4.79 Å². The molecule has 1 heterocycles. The van der Waals surface area contributed by atoms with Crippen molar-refractivity contribution in [1.29, 1.82) is 0 Å². The molecule has 0 fully saturated rings. The number of thiophene rings is 1. The maximum Gasteiger partial charge on any atom is 0.226 e. The van der Waals surface area contributed by atoms with E-state index in [1.165, 1.54) is 4.88 Å². The van der Waals surface area contributed by atoms with E-state index in [2.05, 4.69) is 27.4 Å². The van der Waals surface area contributed by atoms with Crippen LogP contribution in [0.25, 0.3) is 0 Å². The molecule has 0 bridgehead atoms. The highest BCUT2D eigenvalue weighted by Crippen LogP contribution is 2.20. The van der Waals surface area contributed by atoms with Crippen LogP contribution in [0, 0.1) is 5.92 Å². The van der Waals surface area contributed by atoms with Gasteiger partial charge in [-0.05, 0) is 34.8 Å². The van der Waals surface area contributed by atoms with Crippen LogP contribution in [0.4, 0.5) is 0 Å². The van der Waals surface area contributed by atoms with Gasteiger partial charge in [0.25, 0.3) is 0 Å². The number of hydrogen-bond acceptors (Lipinski definition) is 3. The summed E-state index contributed by atoms with van der Waals surface area (Å²) in [4.78, 5) is 15.0. The molecule has 1 aromatic heterocycles. The minimum atomic E-state index is -0.0323. The zero-order chi connectivity index (χ0) is 12.8. The van der Waals surface area contributed by atoms with Gasteiger partial charge in [0.15, 0.2) is 0 Å². The van der Waals surface area contributed by atoms with Crippen LogP contribution < -0.4 is 5.73 Å². The first kappa shape index (κ1) is 14.7. The molecule has 0 aliphatic heterocycles. The average molecular weight is 319 g/mol. The first-order valence-electron chi connectivity index (χ1n) is 5.76. The van der Waals surface area contributed by atoms with Gasteiger partial charge in [-0.2, -0.15) is 0 Å². The van der Waals surface area contributed by atoms with E-state index in [0.29, 0.717) is 6.54 Å². The third-order valence-electron chi connectivity index (χ3n) is 2.82. The lowest BCUT2D eigenvalue weighted by molar-refractivity contribution is -0.133. The molecule has 0 saturated heterocycles. The normalized spacial score (nSPS) is 12.5. The average Bonchev–Trinajstić information content (AvgIpc) is 2.73. The Morgan fingerprint density at radius 2 is 2.35 bits per heavy atom. The van der Waals surface area contributed by atoms with Crippen molar-refractivity contribution in [2.45, 2.75) is 19.8 Å². The molecule has 0 radical (unpaired) electrons. The Bertz CT molecular complexity index is 363. The molecule has 0 aromatic carbocycles. The third-order valence-corrected chi connectivity index (χ3v) is 4.58. The quantitative estimate of drug-likeness (QED) is 0.876. The van der Waals surface area contributed by atoms with E-state index in [1.807, 2.05) is 14.0 Å².